The fourth-order valence-electron chi connectivity index (χ4n) is 2.55. The maximum absolute atomic E-state index is 9.06. The van der Waals surface area contributed by atoms with Gasteiger partial charge in [0.15, 0.2) is 0 Å². The molecule has 2 aromatic rings. The zero-order valence-corrected chi connectivity index (χ0v) is 11.1. The van der Waals surface area contributed by atoms with Crippen LogP contribution in [0.2, 0.25) is 0 Å². The Bertz CT molecular complexity index is 642. The van der Waals surface area contributed by atoms with Crippen LogP contribution >= 0.6 is 0 Å². The van der Waals surface area contributed by atoms with Crippen LogP contribution in [0.1, 0.15) is 43.0 Å². The molecule has 1 aliphatic rings. The lowest BCUT2D eigenvalue weighted by Gasteiger charge is -2.10. The van der Waals surface area contributed by atoms with Gasteiger partial charge in [-0.25, -0.2) is 4.98 Å². The second-order valence-electron chi connectivity index (χ2n) is 4.94. The van der Waals surface area contributed by atoms with Crippen LogP contribution in [0.25, 0.3) is 0 Å². The van der Waals surface area contributed by atoms with Gasteiger partial charge in [0, 0.05) is 18.2 Å². The Morgan fingerprint density at radius 2 is 1.95 bits per heavy atom. The van der Waals surface area contributed by atoms with Crippen molar-refractivity contribution in [3.05, 3.63) is 47.9 Å². The van der Waals surface area contributed by atoms with Crippen LogP contribution < -0.4 is 4.74 Å². The normalized spacial score (nSPS) is 14.9. The van der Waals surface area contributed by atoms with Gasteiger partial charge in [-0.05, 0) is 25.0 Å². The number of para-hydroxylation sites is 1. The first-order chi connectivity index (χ1) is 9.86. The molecule has 0 atom stereocenters. The molecule has 3 rings (SSSR count). The molecule has 0 aliphatic heterocycles. The van der Waals surface area contributed by atoms with Crippen LogP contribution in [-0.2, 0) is 0 Å². The Morgan fingerprint density at radius 3 is 2.75 bits per heavy atom. The Kier molecular flexibility index (Phi) is 3.60. The molecule has 0 N–H and O–H groups in total. The largest absolute Gasteiger partial charge is 0.438 e. The highest BCUT2D eigenvalue weighted by Crippen LogP contribution is 2.33. The molecule has 1 fully saturated rings. The van der Waals surface area contributed by atoms with Crippen LogP contribution in [0.15, 0.2) is 36.5 Å². The van der Waals surface area contributed by atoms with E-state index in [9.17, 15) is 0 Å². The van der Waals surface area contributed by atoms with Crippen LogP contribution in [0, 0.1) is 11.3 Å². The first-order valence-corrected chi connectivity index (χ1v) is 6.87. The van der Waals surface area contributed by atoms with Gasteiger partial charge < -0.3 is 4.74 Å². The number of nitriles is 1. The Balaban J connectivity index is 1.84. The quantitative estimate of drug-likeness (QED) is 0.847. The molecule has 0 saturated heterocycles. The van der Waals surface area contributed by atoms with E-state index < -0.39 is 0 Å². The molecule has 1 saturated carbocycles. The van der Waals surface area contributed by atoms with Crippen molar-refractivity contribution in [3.63, 3.8) is 0 Å². The number of hydrogen-bond acceptors (Lipinski definition) is 4. The zero-order valence-electron chi connectivity index (χ0n) is 11.1. The fourth-order valence-corrected chi connectivity index (χ4v) is 2.55. The summed E-state index contributed by atoms with van der Waals surface area (Å²) < 4.78 is 5.73. The highest BCUT2D eigenvalue weighted by molar-refractivity contribution is 5.44. The summed E-state index contributed by atoms with van der Waals surface area (Å²) >= 11 is 0. The molecular formula is C16H15N3O. The first-order valence-electron chi connectivity index (χ1n) is 6.87. The van der Waals surface area contributed by atoms with Gasteiger partial charge in [-0.2, -0.15) is 10.2 Å². The molecule has 100 valence electrons. The first kappa shape index (κ1) is 12.6. The smallest absolute Gasteiger partial charge is 0.222 e. The van der Waals surface area contributed by atoms with Crippen molar-refractivity contribution in [1.82, 2.24) is 9.97 Å². The van der Waals surface area contributed by atoms with Gasteiger partial charge >= 0.3 is 0 Å². The van der Waals surface area contributed by atoms with Gasteiger partial charge in [0.05, 0.1) is 5.56 Å². The lowest BCUT2D eigenvalue weighted by molar-refractivity contribution is 0.453. The highest BCUT2D eigenvalue weighted by atomic mass is 16.5. The summed E-state index contributed by atoms with van der Waals surface area (Å²) in [5.41, 5.74) is 0.508. The Morgan fingerprint density at radius 1 is 1.15 bits per heavy atom. The van der Waals surface area contributed by atoms with Crippen LogP contribution in [0.5, 0.6) is 11.6 Å². The second kappa shape index (κ2) is 5.70. The van der Waals surface area contributed by atoms with E-state index in [0.29, 0.717) is 23.1 Å². The topological polar surface area (TPSA) is 58.8 Å². The molecule has 0 radical (unpaired) electrons. The summed E-state index contributed by atoms with van der Waals surface area (Å²) in [7, 11) is 0. The number of ether oxygens (including phenoxy) is 1. The van der Waals surface area contributed by atoms with Gasteiger partial charge in [0.1, 0.15) is 17.6 Å². The van der Waals surface area contributed by atoms with E-state index in [1.165, 1.54) is 12.8 Å². The van der Waals surface area contributed by atoms with Gasteiger partial charge in [-0.15, -0.1) is 0 Å². The summed E-state index contributed by atoms with van der Waals surface area (Å²) in [6, 6.07) is 11.0. The molecule has 1 aromatic carbocycles. The zero-order chi connectivity index (χ0) is 13.8. The van der Waals surface area contributed by atoms with Crippen molar-refractivity contribution in [3.8, 4) is 17.7 Å². The average Bonchev–Trinajstić information content (AvgIpc) is 3.02. The van der Waals surface area contributed by atoms with Crippen molar-refractivity contribution in [1.29, 1.82) is 5.26 Å². The van der Waals surface area contributed by atoms with Crippen molar-refractivity contribution >= 4 is 0 Å². The molecular weight excluding hydrogens is 250 g/mol. The second-order valence-corrected chi connectivity index (χ2v) is 4.94. The molecule has 0 amide bonds. The lowest BCUT2D eigenvalue weighted by atomic mass is 10.1. The predicted molar refractivity (Wildman–Crippen MR) is 74.5 cm³/mol. The molecule has 1 aromatic heterocycles. The van der Waals surface area contributed by atoms with E-state index in [-0.39, 0.29) is 0 Å². The van der Waals surface area contributed by atoms with E-state index >= 15 is 0 Å². The molecule has 1 heterocycles. The standard InChI is InChI=1S/C16H15N3O/c17-11-13-7-3-4-8-14(13)20-15-9-10-18-16(19-15)12-5-1-2-6-12/h3-4,7-10,12H,1-2,5-6H2. The third-order valence-electron chi connectivity index (χ3n) is 3.59. The minimum absolute atomic E-state index is 0.449. The third-order valence-corrected chi connectivity index (χ3v) is 3.59. The molecule has 0 unspecified atom stereocenters. The van der Waals surface area contributed by atoms with Gasteiger partial charge in [0.25, 0.3) is 0 Å². The van der Waals surface area contributed by atoms with Crippen molar-refractivity contribution < 1.29 is 4.74 Å². The minimum Gasteiger partial charge on any atom is -0.438 e. The van der Waals surface area contributed by atoms with Gasteiger partial charge in [0.2, 0.25) is 5.88 Å². The summed E-state index contributed by atoms with van der Waals surface area (Å²) in [5.74, 6) is 2.34. The highest BCUT2D eigenvalue weighted by Gasteiger charge is 2.20. The molecule has 20 heavy (non-hydrogen) atoms. The van der Waals surface area contributed by atoms with E-state index in [1.807, 2.05) is 12.1 Å². The van der Waals surface area contributed by atoms with Gasteiger partial charge in [-0.1, -0.05) is 25.0 Å². The summed E-state index contributed by atoms with van der Waals surface area (Å²) in [5, 5.41) is 9.06. The number of nitrogens with zero attached hydrogens (tertiary/aromatic N) is 3. The molecule has 4 heteroatoms. The SMILES string of the molecule is N#Cc1ccccc1Oc1ccnc(C2CCCC2)n1. The van der Waals surface area contributed by atoms with E-state index in [4.69, 9.17) is 10.00 Å². The van der Waals surface area contributed by atoms with Crippen molar-refractivity contribution in [2.75, 3.05) is 0 Å². The number of aromatic nitrogens is 2. The maximum Gasteiger partial charge on any atom is 0.222 e. The van der Waals surface area contributed by atoms with E-state index in [2.05, 4.69) is 16.0 Å². The molecule has 0 bridgehead atoms. The molecule has 4 nitrogen and oxygen atoms in total. The van der Waals surface area contributed by atoms with Crippen molar-refractivity contribution in [2.24, 2.45) is 0 Å². The summed E-state index contributed by atoms with van der Waals surface area (Å²) in [6.07, 6.45) is 6.52. The van der Waals surface area contributed by atoms with E-state index in [1.54, 1.807) is 24.4 Å². The van der Waals surface area contributed by atoms with Crippen molar-refractivity contribution in [2.45, 2.75) is 31.6 Å². The average molecular weight is 265 g/mol. The molecule has 0 spiro atoms. The number of rotatable bonds is 3. The third kappa shape index (κ3) is 2.62. The van der Waals surface area contributed by atoms with E-state index in [0.717, 1.165) is 18.7 Å². The van der Waals surface area contributed by atoms with Crippen LogP contribution in [0.4, 0.5) is 0 Å². The maximum atomic E-state index is 9.06. The number of hydrogen-bond donors (Lipinski definition) is 0. The Hall–Kier alpha value is -2.41. The monoisotopic (exact) mass is 265 g/mol. The summed E-state index contributed by atoms with van der Waals surface area (Å²) in [4.78, 5) is 8.83. The predicted octanol–water partition coefficient (Wildman–Crippen LogP) is 3.80. The summed E-state index contributed by atoms with van der Waals surface area (Å²) in [6.45, 7) is 0. The van der Waals surface area contributed by atoms with Gasteiger partial charge in [-0.3, -0.25) is 0 Å². The lowest BCUT2D eigenvalue weighted by Crippen LogP contribution is -2.01. The van der Waals surface area contributed by atoms with Crippen LogP contribution in [-0.4, -0.2) is 9.97 Å². The molecule has 1 aliphatic carbocycles. The fraction of sp³-hybridized carbons (Fsp3) is 0.312. The number of benzene rings is 1. The Labute approximate surface area is 118 Å². The minimum atomic E-state index is 0.449. The van der Waals surface area contributed by atoms with Crippen LogP contribution in [0.3, 0.4) is 0 Å².